The highest BCUT2D eigenvalue weighted by Crippen LogP contribution is 2.27. The molecule has 1 atom stereocenters. The van der Waals surface area contributed by atoms with E-state index in [-0.39, 0.29) is 5.69 Å². The summed E-state index contributed by atoms with van der Waals surface area (Å²) < 4.78 is 4.63. The summed E-state index contributed by atoms with van der Waals surface area (Å²) in [6.07, 6.45) is 5.01. The highest BCUT2D eigenvalue weighted by Gasteiger charge is 2.28. The van der Waals surface area contributed by atoms with Crippen LogP contribution in [0.2, 0.25) is 0 Å². The van der Waals surface area contributed by atoms with Crippen LogP contribution in [-0.4, -0.2) is 49.0 Å². The predicted octanol–water partition coefficient (Wildman–Crippen LogP) is 1.23. The zero-order chi connectivity index (χ0) is 14.7. The van der Waals surface area contributed by atoms with Crippen molar-refractivity contribution in [2.45, 2.75) is 31.7 Å². The quantitative estimate of drug-likeness (QED) is 0.845. The number of hydrogen-bond acceptors (Lipinski definition) is 6. The van der Waals surface area contributed by atoms with Crippen LogP contribution in [0.1, 0.15) is 36.2 Å². The van der Waals surface area contributed by atoms with E-state index in [1.54, 1.807) is 6.07 Å². The first-order valence-corrected chi connectivity index (χ1v) is 7.68. The fraction of sp³-hybridized carbons (Fsp3) is 0.667. The molecule has 1 aromatic heterocycles. The molecule has 3 heterocycles. The molecule has 0 spiro atoms. The van der Waals surface area contributed by atoms with Crippen molar-refractivity contribution in [3.63, 3.8) is 0 Å². The first-order valence-electron chi connectivity index (χ1n) is 7.68. The van der Waals surface area contributed by atoms with Gasteiger partial charge in [-0.15, -0.1) is 10.2 Å². The molecule has 0 aliphatic carbocycles. The molecule has 6 nitrogen and oxygen atoms in total. The lowest BCUT2D eigenvalue weighted by Crippen LogP contribution is -2.41. The maximum absolute atomic E-state index is 11.3. The van der Waals surface area contributed by atoms with Crippen molar-refractivity contribution in [2.24, 2.45) is 5.92 Å². The number of hydrogen-bond donors (Lipinski definition) is 1. The molecule has 114 valence electrons. The minimum absolute atomic E-state index is 0.256. The average Bonchev–Trinajstić information content (AvgIpc) is 3.09. The van der Waals surface area contributed by atoms with Gasteiger partial charge >= 0.3 is 5.97 Å². The Morgan fingerprint density at radius 1 is 1.29 bits per heavy atom. The molecular weight excluding hydrogens is 268 g/mol. The maximum atomic E-state index is 11.3. The van der Waals surface area contributed by atoms with Crippen molar-refractivity contribution in [1.29, 1.82) is 0 Å². The summed E-state index contributed by atoms with van der Waals surface area (Å²) in [5, 5.41) is 11.7. The summed E-state index contributed by atoms with van der Waals surface area (Å²) >= 11 is 0. The van der Waals surface area contributed by atoms with Gasteiger partial charge in [0.15, 0.2) is 11.5 Å². The lowest BCUT2D eigenvalue weighted by Gasteiger charge is -2.35. The second-order valence-electron chi connectivity index (χ2n) is 5.80. The monoisotopic (exact) mass is 290 g/mol. The van der Waals surface area contributed by atoms with Crippen molar-refractivity contribution in [3.05, 3.63) is 17.8 Å². The lowest BCUT2D eigenvalue weighted by atomic mass is 9.88. The molecular formula is C15H22N4O2. The minimum atomic E-state index is -0.444. The summed E-state index contributed by atoms with van der Waals surface area (Å²) in [6.45, 7) is 3.19. The molecule has 1 unspecified atom stereocenters. The molecule has 0 radical (unpaired) electrons. The van der Waals surface area contributed by atoms with Gasteiger partial charge in [-0.25, -0.2) is 4.79 Å². The minimum Gasteiger partial charge on any atom is -0.464 e. The van der Waals surface area contributed by atoms with Gasteiger partial charge in [0.05, 0.1) is 7.11 Å². The van der Waals surface area contributed by atoms with Gasteiger partial charge in [0.1, 0.15) is 0 Å². The molecule has 2 saturated heterocycles. The molecule has 0 bridgehead atoms. The molecule has 0 aromatic carbocycles. The Balaban J connectivity index is 1.57. The summed E-state index contributed by atoms with van der Waals surface area (Å²) in [5.74, 6) is 1.19. The van der Waals surface area contributed by atoms with Crippen molar-refractivity contribution < 1.29 is 9.53 Å². The average molecular weight is 290 g/mol. The number of carbonyl (C=O) groups is 1. The highest BCUT2D eigenvalue weighted by molar-refractivity contribution is 5.86. The molecule has 1 N–H and O–H groups in total. The van der Waals surface area contributed by atoms with E-state index in [0.717, 1.165) is 24.8 Å². The molecule has 6 heteroatoms. The van der Waals surface area contributed by atoms with Gasteiger partial charge in [-0.1, -0.05) is 0 Å². The molecule has 0 amide bonds. The normalized spacial score (nSPS) is 23.3. The number of nitrogens with one attached hydrogen (secondary N) is 1. The molecule has 21 heavy (non-hydrogen) atoms. The van der Waals surface area contributed by atoms with Crippen molar-refractivity contribution in [2.75, 3.05) is 31.6 Å². The first-order chi connectivity index (χ1) is 10.3. The van der Waals surface area contributed by atoms with E-state index in [4.69, 9.17) is 0 Å². The van der Waals surface area contributed by atoms with Crippen LogP contribution < -0.4 is 10.2 Å². The Hall–Kier alpha value is -1.69. The Morgan fingerprint density at radius 2 is 2.10 bits per heavy atom. The van der Waals surface area contributed by atoms with E-state index in [9.17, 15) is 4.79 Å². The summed E-state index contributed by atoms with van der Waals surface area (Å²) in [4.78, 5) is 13.6. The number of aromatic nitrogens is 2. The van der Waals surface area contributed by atoms with Gasteiger partial charge in [-0.05, 0) is 50.3 Å². The zero-order valence-corrected chi connectivity index (χ0v) is 12.4. The van der Waals surface area contributed by atoms with Crippen LogP contribution >= 0.6 is 0 Å². The third-order valence-electron chi connectivity index (χ3n) is 4.58. The number of esters is 1. The third kappa shape index (κ3) is 3.15. The number of piperidine rings is 1. The fourth-order valence-electron chi connectivity index (χ4n) is 3.35. The Labute approximate surface area is 124 Å². The van der Waals surface area contributed by atoms with E-state index < -0.39 is 5.97 Å². The van der Waals surface area contributed by atoms with Crippen LogP contribution in [0.15, 0.2) is 12.1 Å². The molecule has 0 saturated carbocycles. The van der Waals surface area contributed by atoms with Gasteiger partial charge in [0.25, 0.3) is 0 Å². The number of methoxy groups -OCH3 is 1. The van der Waals surface area contributed by atoms with Gasteiger partial charge in [-0.3, -0.25) is 0 Å². The topological polar surface area (TPSA) is 67.3 Å². The Bertz CT molecular complexity index is 477. The van der Waals surface area contributed by atoms with Crippen LogP contribution in [-0.2, 0) is 4.74 Å². The van der Waals surface area contributed by atoms with Crippen molar-refractivity contribution >= 4 is 11.8 Å². The maximum Gasteiger partial charge on any atom is 0.358 e. The van der Waals surface area contributed by atoms with Crippen LogP contribution in [0.5, 0.6) is 0 Å². The summed E-state index contributed by atoms with van der Waals surface area (Å²) in [6, 6.07) is 4.24. The number of rotatable bonds is 3. The molecule has 2 fully saturated rings. The SMILES string of the molecule is COC(=O)c1ccc(N2CCC(C3CCCN3)CC2)nn1. The van der Waals surface area contributed by atoms with E-state index in [0.29, 0.717) is 6.04 Å². The van der Waals surface area contributed by atoms with Crippen LogP contribution in [0, 0.1) is 5.92 Å². The number of nitrogens with zero attached hydrogens (tertiary/aromatic N) is 3. The Kier molecular flexibility index (Phi) is 4.34. The summed E-state index contributed by atoms with van der Waals surface area (Å²) in [5.41, 5.74) is 0.256. The van der Waals surface area contributed by atoms with Crippen molar-refractivity contribution in [1.82, 2.24) is 15.5 Å². The predicted molar refractivity (Wildman–Crippen MR) is 79.3 cm³/mol. The van der Waals surface area contributed by atoms with Crippen molar-refractivity contribution in [3.8, 4) is 0 Å². The molecule has 2 aliphatic heterocycles. The van der Waals surface area contributed by atoms with E-state index >= 15 is 0 Å². The molecule has 2 aliphatic rings. The number of ether oxygens (including phenoxy) is 1. The van der Waals surface area contributed by atoms with Gasteiger partial charge in [0, 0.05) is 19.1 Å². The van der Waals surface area contributed by atoms with E-state index in [1.165, 1.54) is 39.3 Å². The van der Waals surface area contributed by atoms with Gasteiger partial charge < -0.3 is 15.0 Å². The smallest absolute Gasteiger partial charge is 0.358 e. The van der Waals surface area contributed by atoms with Gasteiger partial charge in [0.2, 0.25) is 0 Å². The second kappa shape index (κ2) is 6.39. The van der Waals surface area contributed by atoms with Crippen LogP contribution in [0.25, 0.3) is 0 Å². The highest BCUT2D eigenvalue weighted by atomic mass is 16.5. The van der Waals surface area contributed by atoms with Crippen LogP contribution in [0.4, 0.5) is 5.82 Å². The number of anilines is 1. The van der Waals surface area contributed by atoms with Crippen LogP contribution in [0.3, 0.4) is 0 Å². The first kappa shape index (κ1) is 14.3. The Morgan fingerprint density at radius 3 is 2.67 bits per heavy atom. The third-order valence-corrected chi connectivity index (χ3v) is 4.58. The lowest BCUT2D eigenvalue weighted by molar-refractivity contribution is 0.0592. The fourth-order valence-corrected chi connectivity index (χ4v) is 3.35. The van der Waals surface area contributed by atoms with E-state index in [1.807, 2.05) is 6.07 Å². The standard InChI is InChI=1S/C15H22N4O2/c1-21-15(20)13-4-5-14(18-17-13)19-9-6-11(7-10-19)12-3-2-8-16-12/h4-5,11-12,16H,2-3,6-10H2,1H3. The largest absolute Gasteiger partial charge is 0.464 e. The summed E-state index contributed by atoms with van der Waals surface area (Å²) in [7, 11) is 1.35. The zero-order valence-electron chi connectivity index (χ0n) is 12.4. The second-order valence-corrected chi connectivity index (χ2v) is 5.80. The van der Waals surface area contributed by atoms with E-state index in [2.05, 4.69) is 25.2 Å². The number of carbonyl (C=O) groups excluding carboxylic acids is 1. The van der Waals surface area contributed by atoms with Gasteiger partial charge in [-0.2, -0.15) is 0 Å². The molecule has 3 rings (SSSR count). The molecule has 1 aromatic rings.